The summed E-state index contributed by atoms with van der Waals surface area (Å²) in [6.45, 7) is 1.54. The van der Waals surface area contributed by atoms with Gasteiger partial charge in [-0.3, -0.25) is 0 Å². The van der Waals surface area contributed by atoms with E-state index in [1.165, 1.54) is 49.7 Å². The highest BCUT2D eigenvalue weighted by molar-refractivity contribution is 5.33. The lowest BCUT2D eigenvalue weighted by Crippen LogP contribution is -2.05. The first-order valence-corrected chi connectivity index (χ1v) is 9.28. The van der Waals surface area contributed by atoms with Crippen molar-refractivity contribution in [3.8, 4) is 5.75 Å². The third-order valence-electron chi connectivity index (χ3n) is 4.55. The van der Waals surface area contributed by atoms with E-state index in [0.717, 1.165) is 18.8 Å². The summed E-state index contributed by atoms with van der Waals surface area (Å²) in [5, 5.41) is 0. The first-order chi connectivity index (χ1) is 11.9. The van der Waals surface area contributed by atoms with E-state index >= 15 is 0 Å². The Morgan fingerprint density at radius 3 is 2.25 bits per heavy atom. The van der Waals surface area contributed by atoms with Gasteiger partial charge >= 0.3 is 0 Å². The van der Waals surface area contributed by atoms with Crippen molar-refractivity contribution in [3.63, 3.8) is 0 Å². The summed E-state index contributed by atoms with van der Waals surface area (Å²) in [6, 6.07) is 19.2. The molecule has 0 radical (unpaired) electrons. The van der Waals surface area contributed by atoms with Crippen LogP contribution < -0.4 is 4.74 Å². The molecule has 3 rings (SSSR count). The highest BCUT2D eigenvalue weighted by Gasteiger charge is 2.23. The maximum Gasteiger partial charge on any atom is 0.122 e. The average molecular weight is 324 g/mol. The molecule has 0 aliphatic carbocycles. The van der Waals surface area contributed by atoms with Gasteiger partial charge in [-0.2, -0.15) is 0 Å². The standard InChI is InChI=1S/C22H28O2/c1(2-5-11-19-12-6-4-7-13-19)3-8-14-20-15-9-10-16-22(20)24-18-21-17-23-21/h4,6-7,9-10,12-13,15-16,21H,1-3,5,8,11,14,17-18H2. The number of rotatable bonds is 11. The second-order valence-corrected chi connectivity index (χ2v) is 6.63. The van der Waals surface area contributed by atoms with E-state index in [2.05, 4.69) is 54.6 Å². The Labute approximate surface area is 145 Å². The molecule has 0 N–H and O–H groups in total. The Bertz CT molecular complexity index is 590. The van der Waals surface area contributed by atoms with Crippen molar-refractivity contribution >= 4 is 0 Å². The highest BCUT2D eigenvalue weighted by Crippen LogP contribution is 2.22. The fourth-order valence-corrected chi connectivity index (χ4v) is 3.02. The smallest absolute Gasteiger partial charge is 0.122 e. The third kappa shape index (κ3) is 6.01. The zero-order valence-corrected chi connectivity index (χ0v) is 14.5. The van der Waals surface area contributed by atoms with Gasteiger partial charge in [-0.1, -0.05) is 67.8 Å². The Balaban J connectivity index is 1.29. The number of para-hydroxylation sites is 1. The topological polar surface area (TPSA) is 21.8 Å². The summed E-state index contributed by atoms with van der Waals surface area (Å²) < 4.78 is 11.1. The van der Waals surface area contributed by atoms with E-state index in [9.17, 15) is 0 Å². The monoisotopic (exact) mass is 324 g/mol. The minimum absolute atomic E-state index is 0.322. The van der Waals surface area contributed by atoms with Crippen LogP contribution in [-0.4, -0.2) is 19.3 Å². The van der Waals surface area contributed by atoms with Gasteiger partial charge in [0.15, 0.2) is 0 Å². The SMILES string of the molecule is c1ccc(CCCCCCCc2ccccc2OCC2CO2)cc1. The fourth-order valence-electron chi connectivity index (χ4n) is 3.02. The molecule has 1 aliphatic heterocycles. The number of hydrogen-bond acceptors (Lipinski definition) is 2. The molecule has 2 heteroatoms. The van der Waals surface area contributed by atoms with Gasteiger partial charge in [0.05, 0.1) is 6.61 Å². The Morgan fingerprint density at radius 1 is 0.792 bits per heavy atom. The van der Waals surface area contributed by atoms with Gasteiger partial charge in [-0.15, -0.1) is 0 Å². The summed E-state index contributed by atoms with van der Waals surface area (Å²) in [4.78, 5) is 0. The van der Waals surface area contributed by atoms with Crippen LogP contribution in [0, 0.1) is 0 Å². The van der Waals surface area contributed by atoms with Crippen LogP contribution in [0.15, 0.2) is 54.6 Å². The summed E-state index contributed by atoms with van der Waals surface area (Å²) in [5.41, 5.74) is 2.80. The lowest BCUT2D eigenvalue weighted by molar-refractivity contribution is 0.261. The molecule has 1 atom stereocenters. The molecule has 1 aliphatic rings. The van der Waals surface area contributed by atoms with Crippen molar-refractivity contribution in [3.05, 3.63) is 65.7 Å². The second-order valence-electron chi connectivity index (χ2n) is 6.63. The number of benzene rings is 2. The van der Waals surface area contributed by atoms with E-state index in [-0.39, 0.29) is 0 Å². The van der Waals surface area contributed by atoms with Crippen LogP contribution in [0.1, 0.15) is 43.2 Å². The molecular weight excluding hydrogens is 296 g/mol. The largest absolute Gasteiger partial charge is 0.491 e. The van der Waals surface area contributed by atoms with E-state index in [1.54, 1.807) is 0 Å². The van der Waals surface area contributed by atoms with Gasteiger partial charge in [0, 0.05) is 0 Å². The molecule has 0 bridgehead atoms. The van der Waals surface area contributed by atoms with Gasteiger partial charge in [-0.25, -0.2) is 0 Å². The molecule has 128 valence electrons. The van der Waals surface area contributed by atoms with Crippen molar-refractivity contribution in [1.29, 1.82) is 0 Å². The maximum atomic E-state index is 5.88. The number of ether oxygens (including phenoxy) is 2. The van der Waals surface area contributed by atoms with Crippen LogP contribution >= 0.6 is 0 Å². The molecule has 2 aromatic rings. The maximum absolute atomic E-state index is 5.88. The third-order valence-corrected chi connectivity index (χ3v) is 4.55. The predicted octanol–water partition coefficient (Wildman–Crippen LogP) is 5.20. The van der Waals surface area contributed by atoms with Crippen LogP contribution in [0.25, 0.3) is 0 Å². The number of unbranched alkanes of at least 4 members (excludes halogenated alkanes) is 4. The van der Waals surface area contributed by atoms with E-state index < -0.39 is 0 Å². The van der Waals surface area contributed by atoms with Crippen molar-refractivity contribution in [2.45, 2.75) is 51.0 Å². The summed E-state index contributed by atoms with van der Waals surface area (Å²) in [6.07, 6.45) is 9.13. The van der Waals surface area contributed by atoms with Gasteiger partial charge in [0.25, 0.3) is 0 Å². The number of aryl methyl sites for hydroxylation is 2. The van der Waals surface area contributed by atoms with Crippen molar-refractivity contribution < 1.29 is 9.47 Å². The van der Waals surface area contributed by atoms with E-state index in [1.807, 2.05) is 0 Å². The normalized spacial score (nSPS) is 16.1. The van der Waals surface area contributed by atoms with Crippen LogP contribution in [-0.2, 0) is 17.6 Å². The van der Waals surface area contributed by atoms with Gasteiger partial charge in [-0.05, 0) is 42.9 Å². The first kappa shape index (κ1) is 17.0. The quantitative estimate of drug-likeness (QED) is 0.418. The molecule has 0 aromatic heterocycles. The molecule has 0 amide bonds. The van der Waals surface area contributed by atoms with Crippen LogP contribution in [0.2, 0.25) is 0 Å². The molecule has 2 nitrogen and oxygen atoms in total. The van der Waals surface area contributed by atoms with Gasteiger partial charge in [0.2, 0.25) is 0 Å². The van der Waals surface area contributed by atoms with Gasteiger partial charge in [0.1, 0.15) is 18.5 Å². The van der Waals surface area contributed by atoms with Crippen LogP contribution in [0.3, 0.4) is 0 Å². The van der Waals surface area contributed by atoms with Crippen molar-refractivity contribution in [2.75, 3.05) is 13.2 Å². The summed E-state index contributed by atoms with van der Waals surface area (Å²) in [5.74, 6) is 1.04. The van der Waals surface area contributed by atoms with Crippen LogP contribution in [0.5, 0.6) is 5.75 Å². The minimum Gasteiger partial charge on any atom is -0.491 e. The van der Waals surface area contributed by atoms with E-state index in [4.69, 9.17) is 9.47 Å². The van der Waals surface area contributed by atoms with Crippen molar-refractivity contribution in [2.24, 2.45) is 0 Å². The Morgan fingerprint density at radius 2 is 1.46 bits per heavy atom. The minimum atomic E-state index is 0.322. The molecule has 1 unspecified atom stereocenters. The summed E-state index contributed by atoms with van der Waals surface area (Å²) in [7, 11) is 0. The number of epoxide rings is 1. The lowest BCUT2D eigenvalue weighted by Gasteiger charge is -2.10. The molecular formula is C22H28O2. The molecule has 2 aromatic carbocycles. The molecule has 0 spiro atoms. The van der Waals surface area contributed by atoms with Crippen molar-refractivity contribution in [1.82, 2.24) is 0 Å². The zero-order valence-electron chi connectivity index (χ0n) is 14.5. The van der Waals surface area contributed by atoms with Gasteiger partial charge < -0.3 is 9.47 Å². The second kappa shape index (κ2) is 9.48. The molecule has 1 fully saturated rings. The molecule has 1 heterocycles. The number of hydrogen-bond donors (Lipinski definition) is 0. The summed E-state index contributed by atoms with van der Waals surface area (Å²) >= 11 is 0. The zero-order chi connectivity index (χ0) is 16.5. The Hall–Kier alpha value is -1.80. The average Bonchev–Trinajstić information content (AvgIpc) is 3.45. The fraction of sp³-hybridized carbons (Fsp3) is 0.455. The first-order valence-electron chi connectivity index (χ1n) is 9.28. The van der Waals surface area contributed by atoms with E-state index in [0.29, 0.717) is 12.7 Å². The molecule has 24 heavy (non-hydrogen) atoms. The Kier molecular flexibility index (Phi) is 6.73. The highest BCUT2D eigenvalue weighted by atomic mass is 16.6. The molecule has 0 saturated carbocycles. The molecule has 1 saturated heterocycles. The lowest BCUT2D eigenvalue weighted by atomic mass is 10.0. The van der Waals surface area contributed by atoms with Crippen LogP contribution in [0.4, 0.5) is 0 Å². The predicted molar refractivity (Wildman–Crippen MR) is 98.6 cm³/mol.